The first-order valence-corrected chi connectivity index (χ1v) is 11.2. The van der Waals surface area contributed by atoms with Crippen molar-refractivity contribution in [3.8, 4) is 22.3 Å². The number of aryl methyl sites for hydroxylation is 1. The molecule has 0 atom stereocenters. The zero-order valence-electron chi connectivity index (χ0n) is 16.5. The predicted octanol–water partition coefficient (Wildman–Crippen LogP) is 3.66. The summed E-state index contributed by atoms with van der Waals surface area (Å²) in [5, 5.41) is 6.12. The van der Waals surface area contributed by atoms with Crippen LogP contribution in [0, 0.1) is 0 Å². The van der Waals surface area contributed by atoms with Crippen LogP contribution in [0.25, 0.3) is 33.0 Å². The number of hydrogen-bond donors (Lipinski definition) is 1. The Bertz CT molecular complexity index is 1330. The molecule has 1 fully saturated rings. The predicted molar refractivity (Wildman–Crippen MR) is 118 cm³/mol. The van der Waals surface area contributed by atoms with Crippen LogP contribution in [0.3, 0.4) is 0 Å². The molecule has 4 aromatic rings. The van der Waals surface area contributed by atoms with E-state index in [1.807, 2.05) is 37.8 Å². The number of hydrogen-bond acceptors (Lipinski definition) is 4. The third kappa shape index (κ3) is 3.44. The van der Waals surface area contributed by atoms with E-state index in [9.17, 15) is 8.42 Å². The van der Waals surface area contributed by atoms with Crippen LogP contribution < -0.4 is 4.72 Å². The van der Waals surface area contributed by atoms with Gasteiger partial charge in [0.25, 0.3) is 0 Å². The Morgan fingerprint density at radius 1 is 0.933 bits per heavy atom. The Labute approximate surface area is 175 Å². The van der Waals surface area contributed by atoms with Crippen molar-refractivity contribution in [1.82, 2.24) is 19.1 Å². The quantitative estimate of drug-likeness (QED) is 0.535. The lowest BCUT2D eigenvalue weighted by Gasteiger charge is -2.29. The van der Waals surface area contributed by atoms with E-state index < -0.39 is 10.2 Å². The molecule has 1 saturated heterocycles. The van der Waals surface area contributed by atoms with E-state index in [0.717, 1.165) is 39.4 Å². The van der Waals surface area contributed by atoms with Crippen LogP contribution in [0.15, 0.2) is 67.3 Å². The largest absolute Gasteiger partial charge is 0.301 e. The molecule has 2 aromatic carbocycles. The number of pyridine rings is 1. The monoisotopic (exact) mass is 419 g/mol. The minimum absolute atomic E-state index is 0.550. The normalized spacial score (nSPS) is 14.6. The van der Waals surface area contributed by atoms with E-state index in [0.29, 0.717) is 18.8 Å². The maximum absolute atomic E-state index is 12.4. The molecule has 3 heterocycles. The molecule has 1 aliphatic rings. The van der Waals surface area contributed by atoms with E-state index in [4.69, 9.17) is 0 Å². The summed E-state index contributed by atoms with van der Waals surface area (Å²) in [7, 11) is -1.60. The van der Waals surface area contributed by atoms with Gasteiger partial charge in [0.2, 0.25) is 0 Å². The van der Waals surface area contributed by atoms with Crippen molar-refractivity contribution < 1.29 is 8.42 Å². The van der Waals surface area contributed by atoms with Crippen molar-refractivity contribution in [3.63, 3.8) is 0 Å². The molecule has 0 amide bonds. The smallest absolute Gasteiger partial charge is 0.275 e. The van der Waals surface area contributed by atoms with E-state index in [-0.39, 0.29) is 0 Å². The van der Waals surface area contributed by atoms with Gasteiger partial charge in [-0.05, 0) is 35.1 Å². The second kappa shape index (κ2) is 7.23. The van der Waals surface area contributed by atoms with Crippen LogP contribution in [-0.2, 0) is 17.3 Å². The van der Waals surface area contributed by atoms with E-state index >= 15 is 0 Å². The van der Waals surface area contributed by atoms with Gasteiger partial charge in [-0.2, -0.15) is 17.8 Å². The highest BCUT2D eigenvalue weighted by Crippen LogP contribution is 2.32. The summed E-state index contributed by atoms with van der Waals surface area (Å²) in [6, 6.07) is 13.8. The van der Waals surface area contributed by atoms with Gasteiger partial charge in [-0.3, -0.25) is 14.4 Å². The van der Waals surface area contributed by atoms with Gasteiger partial charge in [-0.15, -0.1) is 0 Å². The lowest BCUT2D eigenvalue weighted by Crippen LogP contribution is -2.45. The molecular formula is C22H21N5O2S. The SMILES string of the molecule is Cn1cc(-c2ccc(-c3cncc4ccc(NS(=O)(=O)N5CCC5)cc34)cc2)cn1. The number of benzene rings is 2. The number of aromatic nitrogens is 3. The van der Waals surface area contributed by atoms with Crippen molar-refractivity contribution in [2.24, 2.45) is 7.05 Å². The topological polar surface area (TPSA) is 80.1 Å². The minimum atomic E-state index is -3.50. The number of rotatable bonds is 5. The molecule has 0 bridgehead atoms. The minimum Gasteiger partial charge on any atom is -0.275 e. The molecule has 0 spiro atoms. The third-order valence-corrected chi connectivity index (χ3v) is 6.94. The highest BCUT2D eigenvalue weighted by atomic mass is 32.2. The molecule has 2 aromatic heterocycles. The molecule has 1 N–H and O–H groups in total. The van der Waals surface area contributed by atoms with Crippen LogP contribution in [0.2, 0.25) is 0 Å². The van der Waals surface area contributed by atoms with Crippen molar-refractivity contribution in [2.45, 2.75) is 6.42 Å². The Morgan fingerprint density at radius 3 is 2.37 bits per heavy atom. The van der Waals surface area contributed by atoms with Crippen LogP contribution >= 0.6 is 0 Å². The molecule has 152 valence electrons. The maximum Gasteiger partial charge on any atom is 0.301 e. The fourth-order valence-electron chi connectivity index (χ4n) is 3.61. The average molecular weight is 420 g/mol. The van der Waals surface area contributed by atoms with Gasteiger partial charge in [0.1, 0.15) is 0 Å². The fraction of sp³-hybridized carbons (Fsp3) is 0.182. The van der Waals surface area contributed by atoms with Gasteiger partial charge >= 0.3 is 10.2 Å². The summed E-state index contributed by atoms with van der Waals surface area (Å²) >= 11 is 0. The van der Waals surface area contributed by atoms with Gasteiger partial charge in [0, 0.05) is 55.2 Å². The number of anilines is 1. The fourth-order valence-corrected chi connectivity index (χ4v) is 4.90. The van der Waals surface area contributed by atoms with Crippen molar-refractivity contribution >= 4 is 26.7 Å². The third-order valence-electron chi connectivity index (χ3n) is 5.40. The first-order valence-electron chi connectivity index (χ1n) is 9.75. The van der Waals surface area contributed by atoms with E-state index in [2.05, 4.69) is 39.1 Å². The lowest BCUT2D eigenvalue weighted by molar-refractivity contribution is 0.311. The highest BCUT2D eigenvalue weighted by Gasteiger charge is 2.27. The van der Waals surface area contributed by atoms with Crippen molar-refractivity contribution in [2.75, 3.05) is 17.8 Å². The first-order chi connectivity index (χ1) is 14.5. The van der Waals surface area contributed by atoms with Crippen molar-refractivity contribution in [1.29, 1.82) is 0 Å². The summed E-state index contributed by atoms with van der Waals surface area (Å²) in [6.45, 7) is 1.14. The second-order valence-electron chi connectivity index (χ2n) is 7.46. The molecule has 7 nitrogen and oxygen atoms in total. The summed E-state index contributed by atoms with van der Waals surface area (Å²) < 4.78 is 30.8. The molecule has 0 unspecified atom stereocenters. The Balaban J connectivity index is 1.51. The lowest BCUT2D eigenvalue weighted by atomic mass is 9.98. The van der Waals surface area contributed by atoms with Gasteiger partial charge in [0.05, 0.1) is 11.9 Å². The number of nitrogens with zero attached hydrogens (tertiary/aromatic N) is 4. The van der Waals surface area contributed by atoms with Gasteiger partial charge in [0.15, 0.2) is 0 Å². The highest BCUT2D eigenvalue weighted by molar-refractivity contribution is 7.90. The first kappa shape index (κ1) is 18.8. The van der Waals surface area contributed by atoms with Gasteiger partial charge in [-0.25, -0.2) is 0 Å². The average Bonchev–Trinajstić information content (AvgIpc) is 3.12. The number of nitrogens with one attached hydrogen (secondary N) is 1. The molecule has 5 rings (SSSR count). The summed E-state index contributed by atoms with van der Waals surface area (Å²) in [5.41, 5.74) is 4.67. The molecule has 1 aliphatic heterocycles. The zero-order chi connectivity index (χ0) is 20.7. The van der Waals surface area contributed by atoms with Crippen LogP contribution in [0.5, 0.6) is 0 Å². The summed E-state index contributed by atoms with van der Waals surface area (Å²) in [5.74, 6) is 0. The molecule has 8 heteroatoms. The summed E-state index contributed by atoms with van der Waals surface area (Å²) in [6.07, 6.45) is 8.32. The van der Waals surface area contributed by atoms with Crippen molar-refractivity contribution in [3.05, 3.63) is 67.3 Å². The molecule has 30 heavy (non-hydrogen) atoms. The van der Waals surface area contributed by atoms with Crippen LogP contribution in [0.4, 0.5) is 5.69 Å². The molecular weight excluding hydrogens is 398 g/mol. The van der Waals surface area contributed by atoms with E-state index in [1.54, 1.807) is 16.9 Å². The summed E-state index contributed by atoms with van der Waals surface area (Å²) in [4.78, 5) is 4.37. The zero-order valence-corrected chi connectivity index (χ0v) is 17.3. The molecule has 0 radical (unpaired) electrons. The second-order valence-corrected chi connectivity index (χ2v) is 9.13. The van der Waals surface area contributed by atoms with E-state index in [1.165, 1.54) is 4.31 Å². The Kier molecular flexibility index (Phi) is 4.52. The maximum atomic E-state index is 12.4. The van der Waals surface area contributed by atoms with Gasteiger partial charge in [-0.1, -0.05) is 30.3 Å². The van der Waals surface area contributed by atoms with Gasteiger partial charge < -0.3 is 0 Å². The Morgan fingerprint density at radius 2 is 1.70 bits per heavy atom. The molecule has 0 aliphatic carbocycles. The molecule has 0 saturated carbocycles. The number of fused-ring (bicyclic) bond motifs is 1. The standard InChI is InChI=1S/C22H21N5O2S/c1-26-15-19(13-24-26)16-3-5-17(6-4-16)22-14-23-12-18-7-8-20(11-21(18)22)25-30(28,29)27-9-2-10-27/h3-8,11-15,25H,2,9-10H2,1H3. The van der Waals surface area contributed by atoms with Crippen LogP contribution in [0.1, 0.15) is 6.42 Å². The Hall–Kier alpha value is -3.23. The van der Waals surface area contributed by atoms with Crippen LogP contribution in [-0.4, -0.2) is 40.6 Å².